The first-order chi connectivity index (χ1) is 11.1. The zero-order valence-corrected chi connectivity index (χ0v) is 12.9. The van der Waals surface area contributed by atoms with Crippen molar-refractivity contribution in [1.29, 1.82) is 0 Å². The molecule has 0 aliphatic carbocycles. The summed E-state index contributed by atoms with van der Waals surface area (Å²) in [7, 11) is 3.84. The molecule has 0 radical (unpaired) electrons. The zero-order valence-electron chi connectivity index (χ0n) is 12.9. The van der Waals surface area contributed by atoms with Crippen LogP contribution in [-0.4, -0.2) is 35.2 Å². The predicted molar refractivity (Wildman–Crippen MR) is 86.0 cm³/mol. The second-order valence-corrected chi connectivity index (χ2v) is 5.24. The number of carbonyl (C=O) groups excluding carboxylic acids is 1. The molecular weight excluding hydrogens is 294 g/mol. The van der Waals surface area contributed by atoms with Crippen LogP contribution in [0.5, 0.6) is 0 Å². The molecule has 118 valence electrons. The topological polar surface area (TPSA) is 87.0 Å². The van der Waals surface area contributed by atoms with Crippen LogP contribution in [0, 0.1) is 0 Å². The van der Waals surface area contributed by atoms with Gasteiger partial charge < -0.3 is 14.6 Å². The average molecular weight is 311 g/mol. The molecule has 0 fully saturated rings. The molecule has 0 saturated heterocycles. The largest absolute Gasteiger partial charge is 0.463 e. The second-order valence-electron chi connectivity index (χ2n) is 5.24. The lowest BCUT2D eigenvalue weighted by Gasteiger charge is -2.12. The SMILES string of the molecule is CN(C)c1cc(CNC(=O)c2cc(-c3ccco3)[nH]n2)ccn1. The van der Waals surface area contributed by atoms with Crippen molar-refractivity contribution in [3.8, 4) is 11.5 Å². The van der Waals surface area contributed by atoms with Crippen LogP contribution in [0.4, 0.5) is 5.82 Å². The molecule has 2 N–H and O–H groups in total. The quantitative estimate of drug-likeness (QED) is 0.753. The summed E-state index contributed by atoms with van der Waals surface area (Å²) in [5.74, 6) is 1.24. The Labute approximate surface area is 133 Å². The number of anilines is 1. The number of hydrogen-bond donors (Lipinski definition) is 2. The molecule has 7 heteroatoms. The van der Waals surface area contributed by atoms with Gasteiger partial charge in [-0.2, -0.15) is 5.10 Å². The predicted octanol–water partition coefficient (Wildman–Crippen LogP) is 2.06. The minimum Gasteiger partial charge on any atom is -0.463 e. The molecular formula is C16H17N5O2. The van der Waals surface area contributed by atoms with E-state index in [-0.39, 0.29) is 5.91 Å². The van der Waals surface area contributed by atoms with E-state index in [9.17, 15) is 4.79 Å². The summed E-state index contributed by atoms with van der Waals surface area (Å²) < 4.78 is 5.26. The van der Waals surface area contributed by atoms with Crippen molar-refractivity contribution in [2.45, 2.75) is 6.54 Å². The lowest BCUT2D eigenvalue weighted by molar-refractivity contribution is 0.0946. The van der Waals surface area contributed by atoms with Gasteiger partial charge in [-0.1, -0.05) is 0 Å². The molecule has 3 aromatic rings. The summed E-state index contributed by atoms with van der Waals surface area (Å²) in [5, 5.41) is 9.64. The Hall–Kier alpha value is -3.09. The Kier molecular flexibility index (Phi) is 4.09. The summed E-state index contributed by atoms with van der Waals surface area (Å²) in [6.45, 7) is 0.408. The molecule has 0 aromatic carbocycles. The molecule has 3 aromatic heterocycles. The van der Waals surface area contributed by atoms with Crippen LogP contribution in [0.25, 0.3) is 11.5 Å². The van der Waals surface area contributed by atoms with Crippen LogP contribution in [0.1, 0.15) is 16.1 Å². The number of carbonyl (C=O) groups is 1. The van der Waals surface area contributed by atoms with Crippen LogP contribution in [0.2, 0.25) is 0 Å². The number of furan rings is 1. The van der Waals surface area contributed by atoms with Crippen molar-refractivity contribution in [3.05, 3.63) is 54.0 Å². The van der Waals surface area contributed by atoms with Crippen LogP contribution < -0.4 is 10.2 Å². The third kappa shape index (κ3) is 3.39. The van der Waals surface area contributed by atoms with E-state index < -0.39 is 0 Å². The van der Waals surface area contributed by atoms with Crippen molar-refractivity contribution in [1.82, 2.24) is 20.5 Å². The Morgan fingerprint density at radius 2 is 2.22 bits per heavy atom. The van der Waals surface area contributed by atoms with Gasteiger partial charge in [0.25, 0.3) is 5.91 Å². The van der Waals surface area contributed by atoms with Crippen LogP contribution in [0.3, 0.4) is 0 Å². The minimum absolute atomic E-state index is 0.248. The Bertz CT molecular complexity index is 792. The zero-order chi connectivity index (χ0) is 16.2. The second kappa shape index (κ2) is 6.35. The first-order valence-corrected chi connectivity index (χ1v) is 7.13. The molecule has 0 spiro atoms. The molecule has 0 bridgehead atoms. The van der Waals surface area contributed by atoms with Gasteiger partial charge in [-0.05, 0) is 29.8 Å². The first kappa shape index (κ1) is 14.8. The standard InChI is InChI=1S/C16H17N5O2/c1-21(2)15-8-11(5-6-17-15)10-18-16(22)13-9-12(19-20-13)14-4-3-7-23-14/h3-9H,10H2,1-2H3,(H,18,22)(H,19,20). The van der Waals surface area contributed by atoms with Gasteiger partial charge in [-0.3, -0.25) is 9.89 Å². The van der Waals surface area contributed by atoms with Crippen LogP contribution >= 0.6 is 0 Å². The Morgan fingerprint density at radius 3 is 2.96 bits per heavy atom. The smallest absolute Gasteiger partial charge is 0.272 e. The third-order valence-electron chi connectivity index (χ3n) is 3.32. The fourth-order valence-corrected chi connectivity index (χ4v) is 2.08. The van der Waals surface area contributed by atoms with E-state index in [1.807, 2.05) is 31.1 Å². The third-order valence-corrected chi connectivity index (χ3v) is 3.32. The summed E-state index contributed by atoms with van der Waals surface area (Å²) >= 11 is 0. The van der Waals surface area contributed by atoms with E-state index in [4.69, 9.17) is 4.42 Å². The maximum Gasteiger partial charge on any atom is 0.272 e. The van der Waals surface area contributed by atoms with Crippen molar-refractivity contribution >= 4 is 11.7 Å². The molecule has 23 heavy (non-hydrogen) atoms. The minimum atomic E-state index is -0.248. The van der Waals surface area contributed by atoms with Crippen molar-refractivity contribution in [3.63, 3.8) is 0 Å². The number of H-pyrrole nitrogens is 1. The number of pyridine rings is 1. The highest BCUT2D eigenvalue weighted by molar-refractivity contribution is 5.93. The lowest BCUT2D eigenvalue weighted by atomic mass is 10.2. The van der Waals surface area contributed by atoms with Gasteiger partial charge in [-0.25, -0.2) is 4.98 Å². The molecule has 0 aliphatic heterocycles. The van der Waals surface area contributed by atoms with Gasteiger partial charge in [0.1, 0.15) is 11.5 Å². The first-order valence-electron chi connectivity index (χ1n) is 7.13. The highest BCUT2D eigenvalue weighted by Gasteiger charge is 2.12. The summed E-state index contributed by atoms with van der Waals surface area (Å²) in [4.78, 5) is 18.3. The molecule has 3 rings (SSSR count). The van der Waals surface area contributed by atoms with Gasteiger partial charge in [-0.15, -0.1) is 0 Å². The maximum absolute atomic E-state index is 12.2. The summed E-state index contributed by atoms with van der Waals surface area (Å²) in [5.41, 5.74) is 1.95. The van der Waals surface area contributed by atoms with Gasteiger partial charge in [0.2, 0.25) is 0 Å². The number of aromatic nitrogens is 3. The fraction of sp³-hybridized carbons (Fsp3) is 0.188. The Balaban J connectivity index is 1.65. The number of aromatic amines is 1. The molecule has 0 saturated carbocycles. The van der Waals surface area contributed by atoms with E-state index in [0.29, 0.717) is 23.7 Å². The molecule has 0 atom stereocenters. The van der Waals surface area contributed by atoms with Crippen molar-refractivity contribution in [2.24, 2.45) is 0 Å². The molecule has 7 nitrogen and oxygen atoms in total. The monoisotopic (exact) mass is 311 g/mol. The molecule has 1 amide bonds. The Morgan fingerprint density at radius 1 is 1.35 bits per heavy atom. The summed E-state index contributed by atoms with van der Waals surface area (Å²) in [6, 6.07) is 9.04. The van der Waals surface area contributed by atoms with Gasteiger partial charge >= 0.3 is 0 Å². The molecule has 0 aliphatic rings. The number of rotatable bonds is 5. The summed E-state index contributed by atoms with van der Waals surface area (Å²) in [6.07, 6.45) is 3.29. The molecule has 0 unspecified atom stereocenters. The average Bonchev–Trinajstić information content (AvgIpc) is 3.23. The van der Waals surface area contributed by atoms with E-state index >= 15 is 0 Å². The normalized spacial score (nSPS) is 10.5. The van der Waals surface area contributed by atoms with Gasteiger partial charge in [0.05, 0.1) is 6.26 Å². The fourth-order valence-electron chi connectivity index (χ4n) is 2.08. The highest BCUT2D eigenvalue weighted by Crippen LogP contribution is 2.17. The van der Waals surface area contributed by atoms with E-state index in [0.717, 1.165) is 11.4 Å². The van der Waals surface area contributed by atoms with Crippen molar-refractivity contribution < 1.29 is 9.21 Å². The number of nitrogens with zero attached hydrogens (tertiary/aromatic N) is 3. The van der Waals surface area contributed by atoms with E-state index in [1.54, 1.807) is 30.7 Å². The molecule has 3 heterocycles. The van der Waals surface area contributed by atoms with E-state index in [2.05, 4.69) is 20.5 Å². The van der Waals surface area contributed by atoms with E-state index in [1.165, 1.54) is 0 Å². The van der Waals surface area contributed by atoms with Crippen molar-refractivity contribution in [2.75, 3.05) is 19.0 Å². The van der Waals surface area contributed by atoms with Crippen LogP contribution in [-0.2, 0) is 6.54 Å². The lowest BCUT2D eigenvalue weighted by Crippen LogP contribution is -2.23. The number of nitrogens with one attached hydrogen (secondary N) is 2. The van der Waals surface area contributed by atoms with Gasteiger partial charge in [0, 0.05) is 32.9 Å². The maximum atomic E-state index is 12.2. The number of amides is 1. The van der Waals surface area contributed by atoms with Gasteiger partial charge in [0.15, 0.2) is 11.5 Å². The number of hydrogen-bond acceptors (Lipinski definition) is 5. The highest BCUT2D eigenvalue weighted by atomic mass is 16.3. The van der Waals surface area contributed by atoms with Crippen LogP contribution in [0.15, 0.2) is 47.2 Å².